The molecule has 0 saturated heterocycles. The predicted molar refractivity (Wildman–Crippen MR) is 68.4 cm³/mol. The van der Waals surface area contributed by atoms with Crippen LogP contribution in [0.2, 0.25) is 0 Å². The highest BCUT2D eigenvalue weighted by Gasteiger charge is 1.93. The molecule has 0 bridgehead atoms. The molecule has 2 amide bonds. The van der Waals surface area contributed by atoms with E-state index in [9.17, 15) is 14.4 Å². The summed E-state index contributed by atoms with van der Waals surface area (Å²) in [6.45, 7) is 11.8. The molecule has 2 N–H and O–H groups in total. The monoisotopic (exact) mass is 254 g/mol. The molecule has 0 heterocycles. The van der Waals surface area contributed by atoms with E-state index in [-0.39, 0.29) is 17.8 Å². The van der Waals surface area contributed by atoms with Crippen LogP contribution >= 0.6 is 0 Å². The number of ether oxygens (including phenoxy) is 1. The topological polar surface area (TPSA) is 84.5 Å². The summed E-state index contributed by atoms with van der Waals surface area (Å²) in [5.41, 5.74) is 0. The molecule has 6 nitrogen and oxygen atoms in total. The average Bonchev–Trinajstić information content (AvgIpc) is 2.34. The Kier molecular flexibility index (Phi) is 12.7. The first kappa shape index (κ1) is 18.0. The minimum absolute atomic E-state index is 0.247. The third-order valence-corrected chi connectivity index (χ3v) is 1.34. The Hall–Kier alpha value is -2.37. The van der Waals surface area contributed by atoms with Crippen molar-refractivity contribution in [2.75, 3.05) is 13.1 Å². The molecule has 0 aromatic heterocycles. The molecule has 0 rings (SSSR count). The first-order valence-electron chi connectivity index (χ1n) is 5.06. The van der Waals surface area contributed by atoms with Gasteiger partial charge in [0.1, 0.15) is 0 Å². The quantitative estimate of drug-likeness (QED) is 0.309. The van der Waals surface area contributed by atoms with Gasteiger partial charge in [0.15, 0.2) is 0 Å². The maximum absolute atomic E-state index is 10.6. The van der Waals surface area contributed by atoms with Crippen LogP contribution in [0.25, 0.3) is 0 Å². The van der Waals surface area contributed by atoms with Crippen molar-refractivity contribution in [3.8, 4) is 0 Å². The van der Waals surface area contributed by atoms with E-state index >= 15 is 0 Å². The normalized spacial score (nSPS) is 7.83. The van der Waals surface area contributed by atoms with Crippen molar-refractivity contribution in [3.05, 3.63) is 38.2 Å². The number of carbonyl (C=O) groups excluding carboxylic acids is 3. The van der Waals surface area contributed by atoms with Crippen molar-refractivity contribution < 1.29 is 19.1 Å². The van der Waals surface area contributed by atoms with Crippen LogP contribution in [-0.2, 0) is 19.1 Å². The largest absolute Gasteiger partial charge is 0.435 e. The Bertz CT molecular complexity index is 302. The van der Waals surface area contributed by atoms with Crippen molar-refractivity contribution in [1.82, 2.24) is 10.6 Å². The maximum atomic E-state index is 10.6. The van der Waals surface area contributed by atoms with Crippen LogP contribution in [0.4, 0.5) is 0 Å². The van der Waals surface area contributed by atoms with E-state index in [0.717, 1.165) is 6.26 Å². The van der Waals surface area contributed by atoms with Crippen LogP contribution in [0.5, 0.6) is 0 Å². The standard InChI is InChI=1S/C8H12N2O2.C4H6O2/c1-3-7(11)9-5-6-10-8(12)4-2;1-3-6-4(2)5/h3-4H,1-2,5-6H2,(H,9,11)(H,10,12);3H,1H2,2H3. The lowest BCUT2D eigenvalue weighted by atomic mass is 10.5. The number of carbonyl (C=O) groups is 3. The first-order chi connectivity index (χ1) is 8.47. The van der Waals surface area contributed by atoms with Gasteiger partial charge in [0, 0.05) is 20.0 Å². The van der Waals surface area contributed by atoms with Gasteiger partial charge in [-0.3, -0.25) is 14.4 Å². The molecule has 18 heavy (non-hydrogen) atoms. The zero-order chi connectivity index (χ0) is 14.4. The maximum Gasteiger partial charge on any atom is 0.307 e. The van der Waals surface area contributed by atoms with Crippen molar-refractivity contribution >= 4 is 17.8 Å². The van der Waals surface area contributed by atoms with E-state index in [1.165, 1.54) is 19.1 Å². The summed E-state index contributed by atoms with van der Waals surface area (Å²) >= 11 is 0. The molecule has 0 atom stereocenters. The zero-order valence-corrected chi connectivity index (χ0v) is 10.4. The molecule has 0 fully saturated rings. The van der Waals surface area contributed by atoms with E-state index in [1.54, 1.807) is 0 Å². The summed E-state index contributed by atoms with van der Waals surface area (Å²) in [7, 11) is 0. The molecule has 0 aliphatic carbocycles. The van der Waals surface area contributed by atoms with E-state index in [0.29, 0.717) is 13.1 Å². The van der Waals surface area contributed by atoms with Crippen LogP contribution in [-0.4, -0.2) is 30.9 Å². The van der Waals surface area contributed by atoms with Crippen LogP contribution in [0.1, 0.15) is 6.92 Å². The van der Waals surface area contributed by atoms with Crippen molar-refractivity contribution in [2.24, 2.45) is 0 Å². The number of amides is 2. The zero-order valence-electron chi connectivity index (χ0n) is 10.4. The van der Waals surface area contributed by atoms with E-state index in [1.807, 2.05) is 0 Å². The second kappa shape index (κ2) is 12.7. The van der Waals surface area contributed by atoms with Crippen LogP contribution in [0.3, 0.4) is 0 Å². The highest BCUT2D eigenvalue weighted by atomic mass is 16.5. The number of hydrogen-bond acceptors (Lipinski definition) is 4. The second-order valence-electron chi connectivity index (χ2n) is 2.77. The Labute approximate surface area is 106 Å². The van der Waals surface area contributed by atoms with Gasteiger partial charge in [-0.1, -0.05) is 19.7 Å². The van der Waals surface area contributed by atoms with Crippen LogP contribution < -0.4 is 10.6 Å². The SMILES string of the molecule is C=CC(=O)NCCNC(=O)C=C.C=COC(C)=O. The van der Waals surface area contributed by atoms with Gasteiger partial charge in [0.25, 0.3) is 0 Å². The van der Waals surface area contributed by atoms with Crippen molar-refractivity contribution in [3.63, 3.8) is 0 Å². The smallest absolute Gasteiger partial charge is 0.307 e. The summed E-state index contributed by atoms with van der Waals surface area (Å²) in [4.78, 5) is 30.9. The lowest BCUT2D eigenvalue weighted by Crippen LogP contribution is -2.32. The molecule has 0 aromatic rings. The molecule has 0 aliphatic heterocycles. The first-order valence-corrected chi connectivity index (χ1v) is 5.06. The summed E-state index contributed by atoms with van der Waals surface area (Å²) < 4.78 is 4.17. The Morgan fingerprint density at radius 1 is 1.00 bits per heavy atom. The van der Waals surface area contributed by atoms with Gasteiger partial charge in [-0.05, 0) is 12.2 Å². The Morgan fingerprint density at radius 2 is 1.39 bits per heavy atom. The van der Waals surface area contributed by atoms with Crippen LogP contribution in [0.15, 0.2) is 38.2 Å². The Morgan fingerprint density at radius 3 is 1.56 bits per heavy atom. The van der Waals surface area contributed by atoms with Crippen molar-refractivity contribution in [2.45, 2.75) is 6.92 Å². The molecule has 100 valence electrons. The molecular formula is C12H18N2O4. The summed E-state index contributed by atoms with van der Waals surface area (Å²) in [5.74, 6) is -0.823. The highest BCUT2D eigenvalue weighted by Crippen LogP contribution is 1.70. The second-order valence-corrected chi connectivity index (χ2v) is 2.77. The molecule has 0 spiro atoms. The fourth-order valence-corrected chi connectivity index (χ4v) is 0.633. The number of esters is 1. The van der Waals surface area contributed by atoms with E-state index in [2.05, 4.69) is 35.1 Å². The molecule has 0 aromatic carbocycles. The fraction of sp³-hybridized carbons (Fsp3) is 0.250. The van der Waals surface area contributed by atoms with Gasteiger partial charge >= 0.3 is 5.97 Å². The third-order valence-electron chi connectivity index (χ3n) is 1.34. The Balaban J connectivity index is 0. The number of hydrogen-bond donors (Lipinski definition) is 2. The fourth-order valence-electron chi connectivity index (χ4n) is 0.633. The molecule has 6 heteroatoms. The van der Waals surface area contributed by atoms with Gasteiger partial charge in [-0.15, -0.1) is 0 Å². The molecule has 0 unspecified atom stereocenters. The highest BCUT2D eigenvalue weighted by molar-refractivity contribution is 5.87. The molecule has 0 radical (unpaired) electrons. The lowest BCUT2D eigenvalue weighted by Gasteiger charge is -2.01. The minimum Gasteiger partial charge on any atom is -0.435 e. The summed E-state index contributed by atoms with van der Waals surface area (Å²) in [5, 5.41) is 5.01. The third kappa shape index (κ3) is 16.1. The van der Waals surface area contributed by atoms with Gasteiger partial charge in [-0.25, -0.2) is 0 Å². The summed E-state index contributed by atoms with van der Waals surface area (Å²) in [6, 6.07) is 0. The van der Waals surface area contributed by atoms with Gasteiger partial charge in [0.05, 0.1) is 6.26 Å². The van der Waals surface area contributed by atoms with Gasteiger partial charge in [-0.2, -0.15) is 0 Å². The van der Waals surface area contributed by atoms with Gasteiger partial charge < -0.3 is 15.4 Å². The van der Waals surface area contributed by atoms with E-state index in [4.69, 9.17) is 0 Å². The molecule has 0 aliphatic rings. The molecular weight excluding hydrogens is 236 g/mol. The average molecular weight is 254 g/mol. The number of nitrogens with one attached hydrogen (secondary N) is 2. The molecule has 0 saturated carbocycles. The lowest BCUT2D eigenvalue weighted by molar-refractivity contribution is -0.135. The van der Waals surface area contributed by atoms with Crippen LogP contribution in [0, 0.1) is 0 Å². The minimum atomic E-state index is -0.329. The van der Waals surface area contributed by atoms with Crippen molar-refractivity contribution in [1.29, 1.82) is 0 Å². The number of rotatable bonds is 6. The van der Waals surface area contributed by atoms with E-state index < -0.39 is 0 Å². The summed E-state index contributed by atoms with van der Waals surface area (Å²) in [6.07, 6.45) is 3.45. The predicted octanol–water partition coefficient (Wildman–Crippen LogP) is 0.284. The van der Waals surface area contributed by atoms with Gasteiger partial charge in [0.2, 0.25) is 11.8 Å².